The third kappa shape index (κ3) is 6.42. The molecule has 0 aromatic carbocycles. The van der Waals surface area contributed by atoms with Gasteiger partial charge < -0.3 is 16.2 Å². The number of carbonyl (C=O) groups is 3. The van der Waals surface area contributed by atoms with Crippen LogP contribution in [0.25, 0.3) is 0 Å². The molecule has 0 fully saturated rings. The van der Waals surface area contributed by atoms with Crippen molar-refractivity contribution in [1.29, 1.82) is 0 Å². The van der Waals surface area contributed by atoms with Crippen LogP contribution in [0.1, 0.15) is 12.8 Å². The molecule has 0 radical (unpaired) electrons. The van der Waals surface area contributed by atoms with Crippen molar-refractivity contribution >= 4 is 43.0 Å². The van der Waals surface area contributed by atoms with E-state index < -0.39 is 29.7 Å². The molecule has 2 amide bonds. The fraction of sp³-hybridized carbons (Fsp3) is 0.667. The predicted octanol–water partition coefficient (Wildman–Crippen LogP) is -0.703. The van der Waals surface area contributed by atoms with Crippen LogP contribution in [0.2, 0.25) is 0 Å². The molecule has 1 atom stereocenters. The highest BCUT2D eigenvalue weighted by Gasteiger charge is 2.24. The molecule has 17 heavy (non-hydrogen) atoms. The van der Waals surface area contributed by atoms with E-state index in [0.29, 0.717) is 0 Å². The highest BCUT2D eigenvalue weighted by molar-refractivity contribution is 7.81. The van der Waals surface area contributed by atoms with E-state index in [2.05, 4.69) is 30.6 Å². The van der Waals surface area contributed by atoms with Gasteiger partial charge in [0.25, 0.3) is 0 Å². The monoisotopic (exact) mass is 280 g/mol. The van der Waals surface area contributed by atoms with Gasteiger partial charge in [-0.05, 0) is 6.42 Å². The molecule has 0 spiro atoms. The quantitative estimate of drug-likeness (QED) is 0.379. The molecule has 0 heterocycles. The molecule has 0 aliphatic heterocycles. The van der Waals surface area contributed by atoms with E-state index in [0.717, 1.165) is 0 Å². The second-order valence-electron chi connectivity index (χ2n) is 3.47. The molecule has 0 aromatic heterocycles. The Morgan fingerprint density at radius 1 is 1.24 bits per heavy atom. The summed E-state index contributed by atoms with van der Waals surface area (Å²) in [5.74, 6) is -2.15. The molecular weight excluding hydrogens is 264 g/mol. The number of nitrogens with one attached hydrogen (secondary N) is 1. The number of hydrogen-bond donors (Lipinski definition) is 5. The van der Waals surface area contributed by atoms with Crippen molar-refractivity contribution in [2.45, 2.75) is 18.9 Å². The minimum Gasteiger partial charge on any atom is -0.480 e. The summed E-state index contributed by atoms with van der Waals surface area (Å²) in [6.45, 7) is 0. The summed E-state index contributed by atoms with van der Waals surface area (Å²) in [5, 5.41) is 11.2. The Balaban J connectivity index is 4.38. The topological polar surface area (TPSA) is 109 Å². The van der Waals surface area contributed by atoms with Crippen LogP contribution in [0.3, 0.4) is 0 Å². The lowest BCUT2D eigenvalue weighted by atomic mass is 10.1. The number of amides is 2. The second-order valence-corrected chi connectivity index (χ2v) is 4.20. The van der Waals surface area contributed by atoms with E-state index in [-0.39, 0.29) is 24.3 Å². The SMILES string of the molecule is NC(=O)CC[C@H](NC(=O)C(CS)CS)C(=O)O. The first-order chi connectivity index (χ1) is 7.92. The standard InChI is InChI=1S/C9H16N2O4S2/c10-7(12)2-1-6(9(14)15)11-8(13)5(3-16)4-17/h5-6,16-17H,1-4H2,(H2,10,12)(H,11,13)(H,14,15)/t6-/m0/s1. The predicted molar refractivity (Wildman–Crippen MR) is 69.2 cm³/mol. The van der Waals surface area contributed by atoms with E-state index in [1.54, 1.807) is 0 Å². The van der Waals surface area contributed by atoms with Crippen molar-refractivity contribution in [1.82, 2.24) is 5.32 Å². The Kier molecular flexibility index (Phi) is 7.81. The van der Waals surface area contributed by atoms with Crippen LogP contribution < -0.4 is 11.1 Å². The Hall–Kier alpha value is -0.890. The van der Waals surface area contributed by atoms with Gasteiger partial charge in [0, 0.05) is 17.9 Å². The highest BCUT2D eigenvalue weighted by Crippen LogP contribution is 2.05. The summed E-state index contributed by atoms with van der Waals surface area (Å²) < 4.78 is 0. The van der Waals surface area contributed by atoms with Gasteiger partial charge in [0.2, 0.25) is 11.8 Å². The number of hydrogen-bond acceptors (Lipinski definition) is 5. The number of aliphatic carboxylic acids is 1. The summed E-state index contributed by atoms with van der Waals surface area (Å²) >= 11 is 7.93. The van der Waals surface area contributed by atoms with Gasteiger partial charge in [-0.25, -0.2) is 4.79 Å². The fourth-order valence-electron chi connectivity index (χ4n) is 1.06. The first-order valence-corrected chi connectivity index (χ1v) is 6.22. The molecule has 0 aliphatic rings. The third-order valence-electron chi connectivity index (χ3n) is 2.11. The molecule has 0 aliphatic carbocycles. The summed E-state index contributed by atoms with van der Waals surface area (Å²) in [6, 6.07) is -1.11. The van der Waals surface area contributed by atoms with E-state index in [9.17, 15) is 14.4 Å². The van der Waals surface area contributed by atoms with Gasteiger partial charge in [0.15, 0.2) is 0 Å². The maximum absolute atomic E-state index is 11.6. The zero-order valence-corrected chi connectivity index (χ0v) is 10.9. The Morgan fingerprint density at radius 2 is 1.76 bits per heavy atom. The zero-order valence-electron chi connectivity index (χ0n) is 9.13. The molecule has 0 saturated carbocycles. The normalized spacial score (nSPS) is 12.2. The van der Waals surface area contributed by atoms with Gasteiger partial charge in [0.05, 0.1) is 5.92 Å². The van der Waals surface area contributed by atoms with Gasteiger partial charge in [0.1, 0.15) is 6.04 Å². The van der Waals surface area contributed by atoms with Crippen molar-refractivity contribution in [3.8, 4) is 0 Å². The van der Waals surface area contributed by atoms with E-state index in [1.165, 1.54) is 0 Å². The lowest BCUT2D eigenvalue weighted by Gasteiger charge is -2.17. The van der Waals surface area contributed by atoms with Crippen molar-refractivity contribution in [2.75, 3.05) is 11.5 Å². The number of nitrogens with two attached hydrogens (primary N) is 1. The maximum atomic E-state index is 11.6. The van der Waals surface area contributed by atoms with E-state index in [4.69, 9.17) is 10.8 Å². The molecule has 0 saturated heterocycles. The lowest BCUT2D eigenvalue weighted by molar-refractivity contribution is -0.142. The Labute approximate surface area is 110 Å². The summed E-state index contributed by atoms with van der Waals surface area (Å²) in [5.41, 5.74) is 4.91. The molecule has 0 bridgehead atoms. The Morgan fingerprint density at radius 3 is 2.12 bits per heavy atom. The smallest absolute Gasteiger partial charge is 0.326 e. The van der Waals surface area contributed by atoms with Gasteiger partial charge in [-0.3, -0.25) is 9.59 Å². The number of carboxylic acid groups (broad SMARTS) is 1. The number of primary amides is 1. The summed E-state index contributed by atoms with van der Waals surface area (Å²) in [4.78, 5) is 33.0. The number of thiol groups is 2. The van der Waals surface area contributed by atoms with Crippen LogP contribution >= 0.6 is 25.3 Å². The first kappa shape index (κ1) is 16.1. The number of rotatable bonds is 8. The van der Waals surface area contributed by atoms with Crippen LogP contribution in [-0.2, 0) is 14.4 Å². The second kappa shape index (κ2) is 8.24. The average molecular weight is 280 g/mol. The van der Waals surface area contributed by atoms with Crippen LogP contribution in [-0.4, -0.2) is 40.4 Å². The molecule has 0 aromatic rings. The fourth-order valence-corrected chi connectivity index (χ4v) is 1.85. The first-order valence-electron chi connectivity index (χ1n) is 4.95. The zero-order chi connectivity index (χ0) is 13.4. The molecule has 4 N–H and O–H groups in total. The van der Waals surface area contributed by atoms with Crippen molar-refractivity contribution in [3.63, 3.8) is 0 Å². The van der Waals surface area contributed by atoms with Crippen molar-refractivity contribution < 1.29 is 19.5 Å². The molecule has 8 heteroatoms. The summed E-state index contributed by atoms with van der Waals surface area (Å²) in [7, 11) is 0. The van der Waals surface area contributed by atoms with Crippen LogP contribution in [0.5, 0.6) is 0 Å². The Bertz CT molecular complexity index is 295. The van der Waals surface area contributed by atoms with Crippen molar-refractivity contribution in [3.05, 3.63) is 0 Å². The van der Waals surface area contributed by atoms with Crippen LogP contribution in [0.4, 0.5) is 0 Å². The van der Waals surface area contributed by atoms with Gasteiger partial charge in [-0.1, -0.05) is 0 Å². The molecule has 0 rings (SSSR count). The van der Waals surface area contributed by atoms with Gasteiger partial charge in [-0.2, -0.15) is 25.3 Å². The average Bonchev–Trinajstić information content (AvgIpc) is 2.25. The molecule has 98 valence electrons. The number of carboxylic acids is 1. The highest BCUT2D eigenvalue weighted by atomic mass is 32.1. The molecule has 6 nitrogen and oxygen atoms in total. The largest absolute Gasteiger partial charge is 0.480 e. The summed E-state index contributed by atoms with van der Waals surface area (Å²) in [6.07, 6.45) is -0.119. The van der Waals surface area contributed by atoms with Gasteiger partial charge in [-0.15, -0.1) is 0 Å². The minimum absolute atomic E-state index is 0.0255. The molecular formula is C9H16N2O4S2. The van der Waals surface area contributed by atoms with Crippen LogP contribution in [0, 0.1) is 5.92 Å². The van der Waals surface area contributed by atoms with E-state index >= 15 is 0 Å². The minimum atomic E-state index is -1.20. The molecule has 0 unspecified atom stereocenters. The van der Waals surface area contributed by atoms with E-state index in [1.807, 2.05) is 0 Å². The van der Waals surface area contributed by atoms with Gasteiger partial charge >= 0.3 is 5.97 Å². The lowest BCUT2D eigenvalue weighted by Crippen LogP contribution is -2.45. The number of carbonyl (C=O) groups excluding carboxylic acids is 2. The van der Waals surface area contributed by atoms with Crippen molar-refractivity contribution in [2.24, 2.45) is 11.7 Å². The van der Waals surface area contributed by atoms with Crippen LogP contribution in [0.15, 0.2) is 0 Å². The third-order valence-corrected chi connectivity index (χ3v) is 2.99. The maximum Gasteiger partial charge on any atom is 0.326 e.